The molecule has 4 aromatic rings. The van der Waals surface area contributed by atoms with E-state index in [1.54, 1.807) is 17.4 Å². The van der Waals surface area contributed by atoms with E-state index < -0.39 is 0 Å². The lowest BCUT2D eigenvalue weighted by Gasteiger charge is -2.05. The third-order valence-corrected chi connectivity index (χ3v) is 6.08. The molecule has 1 heterocycles. The summed E-state index contributed by atoms with van der Waals surface area (Å²) < 4.78 is 1.19. The van der Waals surface area contributed by atoms with Crippen molar-refractivity contribution in [3.63, 3.8) is 0 Å². The highest BCUT2D eigenvalue weighted by atomic mass is 32.1. The average Bonchev–Trinajstić information content (AvgIpc) is 3.21. The van der Waals surface area contributed by atoms with Crippen molar-refractivity contribution < 1.29 is 4.79 Å². The molecule has 4 heteroatoms. The summed E-state index contributed by atoms with van der Waals surface area (Å²) in [6.07, 6.45) is 3.43. The quantitative estimate of drug-likeness (QED) is 0.372. The number of hydrogen-bond donors (Lipinski definition) is 1. The van der Waals surface area contributed by atoms with Gasteiger partial charge in [-0.25, -0.2) is 4.98 Å². The topological polar surface area (TPSA) is 42.0 Å². The SMILES string of the molecule is CC(C)c1ccc(C=CC(=O)NCc2ccc(-c3nc4ccccc4s3)cc2)cc1. The molecule has 0 saturated heterocycles. The van der Waals surface area contributed by atoms with Gasteiger partial charge in [-0.3, -0.25) is 4.79 Å². The highest BCUT2D eigenvalue weighted by Crippen LogP contribution is 2.30. The molecule has 0 fully saturated rings. The smallest absolute Gasteiger partial charge is 0.244 e. The molecule has 3 aromatic carbocycles. The van der Waals surface area contributed by atoms with E-state index in [2.05, 4.69) is 49.5 Å². The Labute approximate surface area is 181 Å². The third-order valence-electron chi connectivity index (χ3n) is 4.99. The lowest BCUT2D eigenvalue weighted by molar-refractivity contribution is -0.116. The van der Waals surface area contributed by atoms with Gasteiger partial charge in [0.15, 0.2) is 0 Å². The van der Waals surface area contributed by atoms with Crippen LogP contribution in [0.2, 0.25) is 0 Å². The Morgan fingerprint density at radius 1 is 1.00 bits per heavy atom. The zero-order chi connectivity index (χ0) is 20.9. The second-order valence-electron chi connectivity index (χ2n) is 7.56. The number of fused-ring (bicyclic) bond motifs is 1. The Balaban J connectivity index is 1.33. The molecule has 150 valence electrons. The maximum atomic E-state index is 12.1. The number of aromatic nitrogens is 1. The average molecular weight is 413 g/mol. The normalized spacial score (nSPS) is 11.4. The van der Waals surface area contributed by atoms with Gasteiger partial charge in [-0.15, -0.1) is 11.3 Å². The maximum Gasteiger partial charge on any atom is 0.244 e. The molecule has 0 atom stereocenters. The number of amides is 1. The van der Waals surface area contributed by atoms with E-state index in [1.165, 1.54) is 10.3 Å². The van der Waals surface area contributed by atoms with E-state index in [0.29, 0.717) is 12.5 Å². The standard InChI is InChI=1S/C26H24N2OS/c1-18(2)21-12-7-19(8-13-21)11-16-25(29)27-17-20-9-14-22(15-10-20)26-28-23-5-3-4-6-24(23)30-26/h3-16,18H,17H2,1-2H3,(H,27,29). The minimum Gasteiger partial charge on any atom is -0.348 e. The van der Waals surface area contributed by atoms with Crippen LogP contribution in [0.25, 0.3) is 26.9 Å². The predicted octanol–water partition coefficient (Wildman–Crippen LogP) is 6.42. The van der Waals surface area contributed by atoms with E-state index in [1.807, 2.05) is 48.5 Å². The van der Waals surface area contributed by atoms with Crippen molar-refractivity contribution in [2.24, 2.45) is 0 Å². The van der Waals surface area contributed by atoms with Crippen LogP contribution >= 0.6 is 11.3 Å². The lowest BCUT2D eigenvalue weighted by atomic mass is 10.0. The Morgan fingerprint density at radius 2 is 1.73 bits per heavy atom. The molecule has 1 amide bonds. The molecular formula is C26H24N2OS. The minimum atomic E-state index is -0.0989. The summed E-state index contributed by atoms with van der Waals surface area (Å²) in [5.41, 5.74) is 5.50. The molecule has 3 nitrogen and oxygen atoms in total. The Bertz CT molecular complexity index is 1140. The van der Waals surface area contributed by atoms with Crippen LogP contribution in [0, 0.1) is 0 Å². The van der Waals surface area contributed by atoms with Crippen LogP contribution in [0.5, 0.6) is 0 Å². The number of para-hydroxylation sites is 1. The van der Waals surface area contributed by atoms with Crippen LogP contribution in [0.15, 0.2) is 78.9 Å². The van der Waals surface area contributed by atoms with E-state index in [-0.39, 0.29) is 5.91 Å². The molecule has 1 N–H and O–H groups in total. The number of rotatable bonds is 6. The van der Waals surface area contributed by atoms with Crippen LogP contribution in [0.4, 0.5) is 0 Å². The lowest BCUT2D eigenvalue weighted by Crippen LogP contribution is -2.20. The molecule has 0 radical (unpaired) electrons. The van der Waals surface area contributed by atoms with E-state index >= 15 is 0 Å². The molecule has 0 spiro atoms. The summed E-state index contributed by atoms with van der Waals surface area (Å²) >= 11 is 1.69. The fourth-order valence-electron chi connectivity index (χ4n) is 3.17. The molecule has 0 aliphatic heterocycles. The van der Waals surface area contributed by atoms with Crippen molar-refractivity contribution >= 4 is 33.5 Å². The zero-order valence-electron chi connectivity index (χ0n) is 17.1. The third kappa shape index (κ3) is 4.84. The van der Waals surface area contributed by atoms with Gasteiger partial charge in [0.25, 0.3) is 0 Å². The van der Waals surface area contributed by atoms with Gasteiger partial charge in [-0.2, -0.15) is 0 Å². The number of carbonyl (C=O) groups is 1. The van der Waals surface area contributed by atoms with Gasteiger partial charge in [0, 0.05) is 18.2 Å². The molecule has 0 bridgehead atoms. The highest BCUT2D eigenvalue weighted by Gasteiger charge is 2.06. The summed E-state index contributed by atoms with van der Waals surface area (Å²) in [6.45, 7) is 4.84. The first-order valence-electron chi connectivity index (χ1n) is 10.1. The first kappa shape index (κ1) is 20.0. The summed E-state index contributed by atoms with van der Waals surface area (Å²) in [4.78, 5) is 16.8. The molecule has 0 saturated carbocycles. The van der Waals surface area contributed by atoms with Crippen LogP contribution in [0.3, 0.4) is 0 Å². The number of nitrogens with one attached hydrogen (secondary N) is 1. The first-order valence-corrected chi connectivity index (χ1v) is 10.9. The van der Waals surface area contributed by atoms with Crippen molar-refractivity contribution in [2.45, 2.75) is 26.3 Å². The fourth-order valence-corrected chi connectivity index (χ4v) is 4.14. The zero-order valence-corrected chi connectivity index (χ0v) is 17.9. The van der Waals surface area contributed by atoms with Gasteiger partial charge in [0.2, 0.25) is 5.91 Å². The second-order valence-corrected chi connectivity index (χ2v) is 8.59. The number of nitrogens with zero attached hydrogens (tertiary/aromatic N) is 1. The summed E-state index contributed by atoms with van der Waals surface area (Å²) in [6, 6.07) is 24.7. The van der Waals surface area contributed by atoms with Gasteiger partial charge in [0.05, 0.1) is 10.2 Å². The maximum absolute atomic E-state index is 12.1. The van der Waals surface area contributed by atoms with Crippen molar-refractivity contribution in [1.82, 2.24) is 10.3 Å². The Morgan fingerprint density at radius 3 is 2.43 bits per heavy atom. The molecule has 0 unspecified atom stereocenters. The molecular weight excluding hydrogens is 388 g/mol. The van der Waals surface area contributed by atoms with E-state index in [0.717, 1.165) is 27.2 Å². The fraction of sp³-hybridized carbons (Fsp3) is 0.154. The molecule has 0 aliphatic rings. The van der Waals surface area contributed by atoms with Crippen LogP contribution in [0.1, 0.15) is 36.5 Å². The monoisotopic (exact) mass is 412 g/mol. The molecule has 30 heavy (non-hydrogen) atoms. The highest BCUT2D eigenvalue weighted by molar-refractivity contribution is 7.21. The van der Waals surface area contributed by atoms with E-state index in [4.69, 9.17) is 4.98 Å². The minimum absolute atomic E-state index is 0.0989. The van der Waals surface area contributed by atoms with Crippen LogP contribution in [-0.2, 0) is 11.3 Å². The largest absolute Gasteiger partial charge is 0.348 e. The van der Waals surface area contributed by atoms with Gasteiger partial charge < -0.3 is 5.32 Å². The van der Waals surface area contributed by atoms with Crippen molar-refractivity contribution in [2.75, 3.05) is 0 Å². The van der Waals surface area contributed by atoms with Gasteiger partial charge >= 0.3 is 0 Å². The predicted molar refractivity (Wildman–Crippen MR) is 126 cm³/mol. The van der Waals surface area contributed by atoms with Crippen molar-refractivity contribution in [3.05, 3.63) is 95.6 Å². The van der Waals surface area contributed by atoms with Crippen molar-refractivity contribution in [1.29, 1.82) is 0 Å². The molecule has 1 aromatic heterocycles. The van der Waals surface area contributed by atoms with E-state index in [9.17, 15) is 4.79 Å². The van der Waals surface area contributed by atoms with Gasteiger partial charge in [0.1, 0.15) is 5.01 Å². The number of thiazole rings is 1. The molecule has 0 aliphatic carbocycles. The Hall–Kier alpha value is -3.24. The summed E-state index contributed by atoms with van der Waals surface area (Å²) in [7, 11) is 0. The van der Waals surface area contributed by atoms with Crippen LogP contribution < -0.4 is 5.32 Å². The second kappa shape index (κ2) is 9.06. The Kier molecular flexibility index (Phi) is 6.05. The molecule has 4 rings (SSSR count). The number of hydrogen-bond acceptors (Lipinski definition) is 3. The number of carbonyl (C=O) groups excluding carboxylic acids is 1. The van der Waals surface area contributed by atoms with Gasteiger partial charge in [-0.05, 0) is 40.8 Å². The summed E-state index contributed by atoms with van der Waals surface area (Å²) in [5.74, 6) is 0.408. The van der Waals surface area contributed by atoms with Crippen molar-refractivity contribution in [3.8, 4) is 10.6 Å². The van der Waals surface area contributed by atoms with Crippen LogP contribution in [-0.4, -0.2) is 10.9 Å². The van der Waals surface area contributed by atoms with Gasteiger partial charge in [-0.1, -0.05) is 74.5 Å². The summed E-state index contributed by atoms with van der Waals surface area (Å²) in [5, 5.41) is 3.95. The number of benzene rings is 3. The first-order chi connectivity index (χ1) is 14.6.